The predicted molar refractivity (Wildman–Crippen MR) is 62.6 cm³/mol. The molecule has 1 aromatic rings. The Balaban J connectivity index is 2.82. The Kier molecular flexibility index (Phi) is 4.40. The van der Waals surface area contributed by atoms with E-state index in [1.54, 1.807) is 13.1 Å². The minimum absolute atomic E-state index is 0.500. The van der Waals surface area contributed by atoms with Crippen molar-refractivity contribution in [3.63, 3.8) is 0 Å². The van der Waals surface area contributed by atoms with E-state index in [9.17, 15) is 4.79 Å². The number of thioether (sulfide) groups is 1. The summed E-state index contributed by atoms with van der Waals surface area (Å²) in [5, 5.41) is 8.90. The van der Waals surface area contributed by atoms with E-state index in [1.165, 1.54) is 11.8 Å². The van der Waals surface area contributed by atoms with Crippen LogP contribution in [0, 0.1) is 0 Å². The van der Waals surface area contributed by atoms with Gasteiger partial charge in [-0.1, -0.05) is 11.8 Å². The lowest BCUT2D eigenvalue weighted by Gasteiger charge is -2.06. The fraction of sp³-hybridized carbons (Fsp3) is 0.250. The van der Waals surface area contributed by atoms with E-state index in [0.29, 0.717) is 5.03 Å². The van der Waals surface area contributed by atoms with Gasteiger partial charge in [0.2, 0.25) is 0 Å². The Morgan fingerprint density at radius 1 is 1.64 bits per heavy atom. The van der Waals surface area contributed by atoms with Crippen molar-refractivity contribution in [3.05, 3.63) is 21.2 Å². The van der Waals surface area contributed by atoms with Crippen LogP contribution in [0.3, 0.4) is 0 Å². The van der Waals surface area contributed by atoms with Gasteiger partial charge < -0.3 is 5.11 Å². The first kappa shape index (κ1) is 12.0. The fourth-order valence-corrected chi connectivity index (χ4v) is 2.70. The zero-order valence-electron chi connectivity index (χ0n) is 7.20. The van der Waals surface area contributed by atoms with Crippen LogP contribution in [0.5, 0.6) is 0 Å². The van der Waals surface area contributed by atoms with E-state index >= 15 is 0 Å². The number of carboxylic acids is 1. The predicted octanol–water partition coefficient (Wildman–Crippen LogP) is 3.17. The van der Waals surface area contributed by atoms with E-state index in [0.717, 1.165) is 8.95 Å². The largest absolute Gasteiger partial charge is 0.480 e. The summed E-state index contributed by atoms with van der Waals surface area (Å²) in [6.45, 7) is 1.63. The van der Waals surface area contributed by atoms with Crippen molar-refractivity contribution >= 4 is 49.6 Å². The number of carbonyl (C=O) groups is 1. The molecule has 6 heteroatoms. The van der Waals surface area contributed by atoms with Crippen LogP contribution < -0.4 is 0 Å². The molecule has 0 fully saturated rings. The number of carboxylic acid groups (broad SMARTS) is 1. The maximum atomic E-state index is 10.6. The highest BCUT2D eigenvalue weighted by Gasteiger charge is 2.15. The summed E-state index contributed by atoms with van der Waals surface area (Å²) in [5.74, 6) is -0.841. The van der Waals surface area contributed by atoms with Crippen molar-refractivity contribution in [2.75, 3.05) is 0 Å². The normalized spacial score (nSPS) is 12.5. The van der Waals surface area contributed by atoms with Crippen molar-refractivity contribution in [2.24, 2.45) is 0 Å². The van der Waals surface area contributed by atoms with Gasteiger partial charge in [-0.3, -0.25) is 4.79 Å². The molecule has 0 bridgehead atoms. The first-order chi connectivity index (χ1) is 6.50. The first-order valence-electron chi connectivity index (χ1n) is 3.71. The van der Waals surface area contributed by atoms with Crippen LogP contribution in [0.1, 0.15) is 6.92 Å². The van der Waals surface area contributed by atoms with Crippen LogP contribution in [-0.2, 0) is 4.79 Å². The fourth-order valence-electron chi connectivity index (χ4n) is 0.707. The Hall–Kier alpha value is -0.0700. The third kappa shape index (κ3) is 3.25. The standard InChI is InChI=1S/C8H7Br2NO2S/c1-4(8(12)13)14-7-6(10)2-5(9)3-11-7/h2-4H,1H3,(H,12,13). The second-order valence-electron chi connectivity index (χ2n) is 2.54. The number of halogens is 2. The second-order valence-corrected chi connectivity index (χ2v) is 5.64. The lowest BCUT2D eigenvalue weighted by molar-refractivity contribution is -0.136. The number of rotatable bonds is 3. The van der Waals surface area contributed by atoms with Gasteiger partial charge in [-0.05, 0) is 44.8 Å². The number of hydrogen-bond donors (Lipinski definition) is 1. The van der Waals surface area contributed by atoms with E-state index in [1.807, 2.05) is 6.07 Å². The summed E-state index contributed by atoms with van der Waals surface area (Å²) < 4.78 is 1.65. The second kappa shape index (κ2) is 5.14. The van der Waals surface area contributed by atoms with Gasteiger partial charge in [0, 0.05) is 10.7 Å². The molecular weight excluding hydrogens is 334 g/mol. The van der Waals surface area contributed by atoms with Gasteiger partial charge in [0.05, 0.1) is 4.47 Å². The van der Waals surface area contributed by atoms with E-state index in [4.69, 9.17) is 5.11 Å². The molecule has 76 valence electrons. The van der Waals surface area contributed by atoms with Crippen molar-refractivity contribution in [1.82, 2.24) is 4.98 Å². The summed E-state index contributed by atoms with van der Waals surface area (Å²) in [6, 6.07) is 1.84. The topological polar surface area (TPSA) is 50.2 Å². The molecule has 1 aromatic heterocycles. The van der Waals surface area contributed by atoms with Crippen LogP contribution in [0.2, 0.25) is 0 Å². The molecule has 0 aliphatic carbocycles. The highest BCUT2D eigenvalue weighted by molar-refractivity contribution is 9.11. The summed E-state index contributed by atoms with van der Waals surface area (Å²) in [4.78, 5) is 14.7. The van der Waals surface area contributed by atoms with Gasteiger partial charge in [0.15, 0.2) is 0 Å². The molecule has 0 aliphatic rings. The maximum Gasteiger partial charge on any atom is 0.316 e. The van der Waals surface area contributed by atoms with Gasteiger partial charge in [0.25, 0.3) is 0 Å². The number of hydrogen-bond acceptors (Lipinski definition) is 3. The Morgan fingerprint density at radius 2 is 2.29 bits per heavy atom. The monoisotopic (exact) mass is 339 g/mol. The van der Waals surface area contributed by atoms with Crippen LogP contribution in [-0.4, -0.2) is 21.3 Å². The van der Waals surface area contributed by atoms with Gasteiger partial charge in [-0.25, -0.2) is 4.98 Å². The number of aromatic nitrogens is 1. The highest BCUT2D eigenvalue weighted by atomic mass is 79.9. The zero-order chi connectivity index (χ0) is 10.7. The van der Waals surface area contributed by atoms with Crippen LogP contribution in [0.25, 0.3) is 0 Å². The average Bonchev–Trinajstić information content (AvgIpc) is 2.09. The van der Waals surface area contributed by atoms with Gasteiger partial charge >= 0.3 is 5.97 Å². The highest BCUT2D eigenvalue weighted by Crippen LogP contribution is 2.30. The molecular formula is C8H7Br2NO2S. The Morgan fingerprint density at radius 3 is 2.79 bits per heavy atom. The average molecular weight is 341 g/mol. The van der Waals surface area contributed by atoms with Crippen molar-refractivity contribution in [2.45, 2.75) is 17.2 Å². The van der Waals surface area contributed by atoms with E-state index in [2.05, 4.69) is 36.8 Å². The molecule has 0 amide bonds. The molecule has 0 saturated carbocycles. The third-order valence-corrected chi connectivity index (χ3v) is 3.81. The van der Waals surface area contributed by atoms with Crippen molar-refractivity contribution in [1.29, 1.82) is 0 Å². The Labute approximate surface area is 103 Å². The molecule has 1 heterocycles. The Bertz CT molecular complexity index is 359. The molecule has 1 atom stereocenters. The minimum Gasteiger partial charge on any atom is -0.480 e. The number of nitrogens with zero attached hydrogens (tertiary/aromatic N) is 1. The molecule has 1 N–H and O–H groups in total. The van der Waals surface area contributed by atoms with Crippen LogP contribution in [0.4, 0.5) is 0 Å². The van der Waals surface area contributed by atoms with Crippen molar-refractivity contribution < 1.29 is 9.90 Å². The van der Waals surface area contributed by atoms with Crippen LogP contribution >= 0.6 is 43.6 Å². The molecule has 0 spiro atoms. The molecule has 0 radical (unpaired) electrons. The molecule has 0 saturated heterocycles. The van der Waals surface area contributed by atoms with Gasteiger partial charge in [0.1, 0.15) is 10.3 Å². The quantitative estimate of drug-likeness (QED) is 0.858. The summed E-state index contributed by atoms with van der Waals surface area (Å²) in [5.41, 5.74) is 0. The van der Waals surface area contributed by atoms with E-state index in [-0.39, 0.29) is 0 Å². The SMILES string of the molecule is CC(Sc1ncc(Br)cc1Br)C(=O)O. The molecule has 1 rings (SSSR count). The van der Waals surface area contributed by atoms with Crippen molar-refractivity contribution in [3.8, 4) is 0 Å². The van der Waals surface area contributed by atoms with E-state index < -0.39 is 11.2 Å². The zero-order valence-corrected chi connectivity index (χ0v) is 11.2. The lowest BCUT2D eigenvalue weighted by Crippen LogP contribution is -2.11. The summed E-state index contributed by atoms with van der Waals surface area (Å²) in [7, 11) is 0. The number of aliphatic carboxylic acids is 1. The molecule has 0 aromatic carbocycles. The van der Waals surface area contributed by atoms with Gasteiger partial charge in [-0.15, -0.1) is 0 Å². The first-order valence-corrected chi connectivity index (χ1v) is 6.18. The lowest BCUT2D eigenvalue weighted by atomic mass is 10.5. The maximum absolute atomic E-state index is 10.6. The number of pyridine rings is 1. The third-order valence-electron chi connectivity index (χ3n) is 1.41. The molecule has 14 heavy (non-hydrogen) atoms. The molecule has 1 unspecified atom stereocenters. The molecule has 0 aliphatic heterocycles. The van der Waals surface area contributed by atoms with Crippen LogP contribution in [0.15, 0.2) is 26.2 Å². The minimum atomic E-state index is -0.841. The smallest absolute Gasteiger partial charge is 0.316 e. The summed E-state index contributed by atoms with van der Waals surface area (Å²) in [6.07, 6.45) is 1.64. The van der Waals surface area contributed by atoms with Gasteiger partial charge in [-0.2, -0.15) is 0 Å². The summed E-state index contributed by atoms with van der Waals surface area (Å²) >= 11 is 7.80. The molecule has 3 nitrogen and oxygen atoms in total.